The minimum Gasteiger partial charge on any atom is -0.494 e. The van der Waals surface area contributed by atoms with Gasteiger partial charge in [-0.2, -0.15) is 5.10 Å². The van der Waals surface area contributed by atoms with Gasteiger partial charge in [0.05, 0.1) is 25.0 Å². The lowest BCUT2D eigenvalue weighted by atomic mass is 10.0. The van der Waals surface area contributed by atoms with Crippen molar-refractivity contribution < 1.29 is 14.6 Å². The molecule has 1 N–H and O–H groups in total. The number of aromatic nitrogens is 2. The minimum atomic E-state index is -0.793. The highest BCUT2D eigenvalue weighted by atomic mass is 16.5. The summed E-state index contributed by atoms with van der Waals surface area (Å²) in [6.07, 6.45) is -0.793. The highest BCUT2D eigenvalue weighted by molar-refractivity contribution is 5.41. The Morgan fingerprint density at radius 3 is 2.80 bits per heavy atom. The number of benzene rings is 1. The van der Waals surface area contributed by atoms with Gasteiger partial charge in [0.2, 0.25) is 5.88 Å². The summed E-state index contributed by atoms with van der Waals surface area (Å²) >= 11 is 0. The van der Waals surface area contributed by atoms with E-state index in [0.717, 1.165) is 17.0 Å². The predicted octanol–water partition coefficient (Wildman–Crippen LogP) is 2.22. The van der Waals surface area contributed by atoms with Crippen LogP contribution >= 0.6 is 0 Å². The number of methoxy groups -OCH3 is 1. The summed E-state index contributed by atoms with van der Waals surface area (Å²) in [6, 6.07) is 7.42. The third-order valence-corrected chi connectivity index (χ3v) is 3.17. The molecule has 1 heterocycles. The lowest BCUT2D eigenvalue weighted by molar-refractivity contribution is 0.212. The Kier molecular flexibility index (Phi) is 4.29. The maximum Gasteiger partial charge on any atom is 0.217 e. The van der Waals surface area contributed by atoms with E-state index in [-0.39, 0.29) is 0 Å². The number of aryl methyl sites for hydroxylation is 2. The Balaban J connectivity index is 2.40. The normalized spacial score (nSPS) is 12.2. The third-order valence-electron chi connectivity index (χ3n) is 3.17. The average molecular weight is 276 g/mol. The zero-order chi connectivity index (χ0) is 14.7. The predicted molar refractivity (Wildman–Crippen MR) is 76.2 cm³/mol. The summed E-state index contributed by atoms with van der Waals surface area (Å²) in [6.45, 7) is 4.37. The van der Waals surface area contributed by atoms with Gasteiger partial charge in [-0.1, -0.05) is 12.1 Å². The Labute approximate surface area is 118 Å². The molecule has 5 nitrogen and oxygen atoms in total. The Hall–Kier alpha value is -2.01. The van der Waals surface area contributed by atoms with E-state index in [2.05, 4.69) is 5.10 Å². The van der Waals surface area contributed by atoms with Crippen molar-refractivity contribution in [2.75, 3.05) is 13.7 Å². The molecule has 1 aromatic heterocycles. The number of hydrogen-bond acceptors (Lipinski definition) is 4. The van der Waals surface area contributed by atoms with E-state index in [0.29, 0.717) is 18.1 Å². The Morgan fingerprint density at radius 1 is 1.40 bits per heavy atom. The van der Waals surface area contributed by atoms with Crippen LogP contribution in [-0.2, 0) is 7.05 Å². The Bertz CT molecular complexity index is 593. The van der Waals surface area contributed by atoms with Crippen LogP contribution in [0.1, 0.15) is 29.8 Å². The number of rotatable bonds is 5. The first-order chi connectivity index (χ1) is 9.58. The van der Waals surface area contributed by atoms with Crippen molar-refractivity contribution in [2.24, 2.45) is 7.05 Å². The number of aliphatic hydroxyl groups is 1. The van der Waals surface area contributed by atoms with Crippen molar-refractivity contribution in [2.45, 2.75) is 20.0 Å². The number of aliphatic hydroxyl groups excluding tert-OH is 1. The fourth-order valence-corrected chi connectivity index (χ4v) is 2.32. The van der Waals surface area contributed by atoms with E-state index in [4.69, 9.17) is 9.47 Å². The molecule has 20 heavy (non-hydrogen) atoms. The number of ether oxygens (including phenoxy) is 2. The van der Waals surface area contributed by atoms with Crippen molar-refractivity contribution >= 4 is 0 Å². The maximum absolute atomic E-state index is 10.6. The van der Waals surface area contributed by atoms with Crippen LogP contribution in [0.15, 0.2) is 24.3 Å². The monoisotopic (exact) mass is 276 g/mol. The second kappa shape index (κ2) is 5.96. The fraction of sp³-hybridized carbons (Fsp3) is 0.400. The van der Waals surface area contributed by atoms with Crippen LogP contribution in [-0.4, -0.2) is 28.6 Å². The molecule has 0 aliphatic rings. The van der Waals surface area contributed by atoms with Crippen molar-refractivity contribution in [1.82, 2.24) is 9.78 Å². The molecule has 0 saturated heterocycles. The molecule has 0 spiro atoms. The average Bonchev–Trinajstić information content (AvgIpc) is 2.72. The molecule has 5 heteroatoms. The first-order valence-electron chi connectivity index (χ1n) is 6.56. The highest BCUT2D eigenvalue weighted by Crippen LogP contribution is 2.33. The Morgan fingerprint density at radius 2 is 2.15 bits per heavy atom. The first-order valence-corrected chi connectivity index (χ1v) is 6.56. The van der Waals surface area contributed by atoms with E-state index in [1.54, 1.807) is 18.8 Å². The van der Waals surface area contributed by atoms with Gasteiger partial charge in [0, 0.05) is 7.05 Å². The van der Waals surface area contributed by atoms with Crippen molar-refractivity contribution in [3.05, 3.63) is 41.1 Å². The van der Waals surface area contributed by atoms with Crippen LogP contribution in [0.2, 0.25) is 0 Å². The summed E-state index contributed by atoms with van der Waals surface area (Å²) in [4.78, 5) is 0. The molecule has 0 bridgehead atoms. The molecule has 0 amide bonds. The van der Waals surface area contributed by atoms with Crippen LogP contribution in [0.4, 0.5) is 0 Å². The molecule has 2 rings (SSSR count). The second-order valence-corrected chi connectivity index (χ2v) is 4.54. The molecule has 1 unspecified atom stereocenters. The summed E-state index contributed by atoms with van der Waals surface area (Å²) in [5, 5.41) is 14.9. The molecule has 1 atom stereocenters. The molecule has 0 aliphatic heterocycles. The zero-order valence-corrected chi connectivity index (χ0v) is 12.3. The van der Waals surface area contributed by atoms with E-state index >= 15 is 0 Å². The molecule has 0 saturated carbocycles. The van der Waals surface area contributed by atoms with Crippen molar-refractivity contribution in [3.8, 4) is 11.6 Å². The maximum atomic E-state index is 10.6. The minimum absolute atomic E-state index is 0.566. The topological polar surface area (TPSA) is 56.5 Å². The molecule has 0 aliphatic carbocycles. The van der Waals surface area contributed by atoms with Crippen LogP contribution in [0, 0.1) is 6.92 Å². The van der Waals surface area contributed by atoms with Gasteiger partial charge in [-0.3, -0.25) is 0 Å². The summed E-state index contributed by atoms with van der Waals surface area (Å²) < 4.78 is 12.4. The molecule has 1 aromatic carbocycles. The summed E-state index contributed by atoms with van der Waals surface area (Å²) in [5.74, 6) is 1.31. The van der Waals surface area contributed by atoms with Gasteiger partial charge < -0.3 is 14.6 Å². The fourth-order valence-electron chi connectivity index (χ4n) is 2.32. The molecule has 2 aromatic rings. The van der Waals surface area contributed by atoms with Gasteiger partial charge >= 0.3 is 0 Å². The first kappa shape index (κ1) is 14.4. The van der Waals surface area contributed by atoms with Crippen LogP contribution in [0.25, 0.3) is 0 Å². The van der Waals surface area contributed by atoms with E-state index in [9.17, 15) is 5.11 Å². The standard InChI is InChI=1S/C15H20N2O3/c1-5-20-12-8-6-7-11(9-12)14(18)13-10(2)16-17(3)15(13)19-4/h6-9,14,18H,5H2,1-4H3. The van der Waals surface area contributed by atoms with E-state index in [1.165, 1.54) is 0 Å². The van der Waals surface area contributed by atoms with Crippen LogP contribution < -0.4 is 9.47 Å². The van der Waals surface area contributed by atoms with Gasteiger partial charge in [-0.05, 0) is 31.5 Å². The lowest BCUT2D eigenvalue weighted by Gasteiger charge is -2.14. The molecule has 0 fully saturated rings. The highest BCUT2D eigenvalue weighted by Gasteiger charge is 2.23. The van der Waals surface area contributed by atoms with E-state index in [1.807, 2.05) is 38.1 Å². The summed E-state index contributed by atoms with van der Waals surface area (Å²) in [7, 11) is 3.36. The second-order valence-electron chi connectivity index (χ2n) is 4.54. The molecular weight excluding hydrogens is 256 g/mol. The van der Waals surface area contributed by atoms with Crippen LogP contribution in [0.5, 0.6) is 11.6 Å². The SMILES string of the molecule is CCOc1cccc(C(O)c2c(C)nn(C)c2OC)c1. The van der Waals surface area contributed by atoms with Gasteiger partial charge in [0.15, 0.2) is 0 Å². The summed E-state index contributed by atoms with van der Waals surface area (Å²) in [5.41, 5.74) is 2.19. The largest absolute Gasteiger partial charge is 0.494 e. The number of nitrogens with zero attached hydrogens (tertiary/aromatic N) is 2. The zero-order valence-electron chi connectivity index (χ0n) is 12.3. The van der Waals surface area contributed by atoms with Gasteiger partial charge in [0.25, 0.3) is 0 Å². The molecule has 108 valence electrons. The van der Waals surface area contributed by atoms with Crippen molar-refractivity contribution in [1.29, 1.82) is 0 Å². The van der Waals surface area contributed by atoms with Gasteiger partial charge in [-0.15, -0.1) is 0 Å². The van der Waals surface area contributed by atoms with Crippen LogP contribution in [0.3, 0.4) is 0 Å². The third kappa shape index (κ3) is 2.63. The van der Waals surface area contributed by atoms with Gasteiger partial charge in [0.1, 0.15) is 11.9 Å². The number of hydrogen-bond donors (Lipinski definition) is 1. The smallest absolute Gasteiger partial charge is 0.217 e. The molecular formula is C15H20N2O3. The quantitative estimate of drug-likeness (QED) is 0.909. The van der Waals surface area contributed by atoms with Gasteiger partial charge in [-0.25, -0.2) is 4.68 Å². The van der Waals surface area contributed by atoms with E-state index < -0.39 is 6.10 Å². The lowest BCUT2D eigenvalue weighted by Crippen LogP contribution is -2.04. The molecule has 0 radical (unpaired) electrons. The van der Waals surface area contributed by atoms with Crippen molar-refractivity contribution in [3.63, 3.8) is 0 Å².